The zero-order chi connectivity index (χ0) is 17.6. The molecule has 128 valence electrons. The number of hydrogen-bond donors (Lipinski definition) is 0. The highest BCUT2D eigenvalue weighted by molar-refractivity contribution is 6.05. The van der Waals surface area contributed by atoms with Crippen LogP contribution < -0.4 is 9.80 Å². The number of para-hydroxylation sites is 2. The summed E-state index contributed by atoms with van der Waals surface area (Å²) in [6.07, 6.45) is 0.736. The van der Waals surface area contributed by atoms with E-state index in [2.05, 4.69) is 0 Å². The Morgan fingerprint density at radius 3 is 2.52 bits per heavy atom. The Morgan fingerprint density at radius 2 is 1.76 bits per heavy atom. The van der Waals surface area contributed by atoms with E-state index >= 15 is 0 Å². The molecule has 1 unspecified atom stereocenters. The fourth-order valence-electron chi connectivity index (χ4n) is 3.62. The van der Waals surface area contributed by atoms with Crippen molar-refractivity contribution >= 4 is 23.2 Å². The topological polar surface area (TPSA) is 40.6 Å². The van der Waals surface area contributed by atoms with Crippen LogP contribution in [0.4, 0.5) is 20.2 Å². The summed E-state index contributed by atoms with van der Waals surface area (Å²) < 4.78 is 27.9. The van der Waals surface area contributed by atoms with E-state index in [4.69, 9.17) is 0 Å². The molecular weight excluding hydrogens is 326 g/mol. The molecule has 0 aromatic heterocycles. The van der Waals surface area contributed by atoms with E-state index in [1.54, 1.807) is 4.90 Å². The van der Waals surface area contributed by atoms with Gasteiger partial charge in [0.15, 0.2) is 0 Å². The van der Waals surface area contributed by atoms with Gasteiger partial charge in [-0.25, -0.2) is 8.78 Å². The lowest BCUT2D eigenvalue weighted by Gasteiger charge is -2.22. The number of anilines is 2. The molecule has 2 aliphatic rings. The van der Waals surface area contributed by atoms with Gasteiger partial charge in [-0.05, 0) is 30.2 Å². The lowest BCUT2D eigenvalue weighted by Crippen LogP contribution is -2.36. The summed E-state index contributed by atoms with van der Waals surface area (Å²) in [6, 6.07) is 11.1. The lowest BCUT2D eigenvalue weighted by molar-refractivity contribution is -0.124. The maximum atomic E-state index is 14.0. The van der Waals surface area contributed by atoms with E-state index < -0.39 is 23.5 Å². The average Bonchev–Trinajstić information content (AvgIpc) is 3.18. The third-order valence-electron chi connectivity index (χ3n) is 4.83. The zero-order valence-electron chi connectivity index (χ0n) is 13.4. The zero-order valence-corrected chi connectivity index (χ0v) is 13.4. The monoisotopic (exact) mass is 342 g/mol. The number of halogens is 2. The minimum Gasteiger partial charge on any atom is -0.312 e. The van der Waals surface area contributed by atoms with Gasteiger partial charge in [0.05, 0.1) is 5.92 Å². The number of benzene rings is 2. The summed E-state index contributed by atoms with van der Waals surface area (Å²) >= 11 is 0. The molecule has 0 spiro atoms. The standard InChI is InChI=1S/C19H16F2N2O2/c20-14-5-3-6-15(21)18(14)23-11-13(10-17(23)24)19(25)22-9-8-12-4-1-2-7-16(12)22/h1-7,13H,8-11H2. The Bertz CT molecular complexity index is 848. The Kier molecular flexibility index (Phi) is 3.75. The van der Waals surface area contributed by atoms with E-state index in [9.17, 15) is 18.4 Å². The van der Waals surface area contributed by atoms with Gasteiger partial charge in [-0.3, -0.25) is 9.59 Å². The van der Waals surface area contributed by atoms with Crippen LogP contribution in [-0.2, 0) is 16.0 Å². The molecule has 0 N–H and O–H groups in total. The minimum atomic E-state index is -0.798. The summed E-state index contributed by atoms with van der Waals surface area (Å²) in [5.74, 6) is -2.80. The van der Waals surface area contributed by atoms with Gasteiger partial charge in [0.2, 0.25) is 11.8 Å². The number of carbonyl (C=O) groups excluding carboxylic acids is 2. The minimum absolute atomic E-state index is 0.00577. The van der Waals surface area contributed by atoms with Gasteiger partial charge in [0.1, 0.15) is 17.3 Å². The number of nitrogens with zero attached hydrogens (tertiary/aromatic N) is 2. The van der Waals surface area contributed by atoms with Gasteiger partial charge in [0, 0.05) is 25.2 Å². The van der Waals surface area contributed by atoms with Gasteiger partial charge in [0.25, 0.3) is 0 Å². The highest BCUT2D eigenvalue weighted by atomic mass is 19.1. The average molecular weight is 342 g/mol. The lowest BCUT2D eigenvalue weighted by atomic mass is 10.1. The SMILES string of the molecule is O=C(C1CC(=O)N(c2c(F)cccc2F)C1)N1CCc2ccccc21. The summed E-state index contributed by atoms with van der Waals surface area (Å²) in [5, 5.41) is 0. The van der Waals surface area contributed by atoms with Gasteiger partial charge >= 0.3 is 0 Å². The Balaban J connectivity index is 1.58. The predicted octanol–water partition coefficient (Wildman–Crippen LogP) is 2.91. The van der Waals surface area contributed by atoms with Crippen molar-refractivity contribution in [3.63, 3.8) is 0 Å². The van der Waals surface area contributed by atoms with E-state index in [1.807, 2.05) is 24.3 Å². The molecule has 0 saturated carbocycles. The number of carbonyl (C=O) groups is 2. The van der Waals surface area contributed by atoms with Gasteiger partial charge in [-0.15, -0.1) is 0 Å². The first-order valence-electron chi connectivity index (χ1n) is 8.20. The molecule has 2 aromatic rings. The van der Waals surface area contributed by atoms with Crippen LogP contribution in [0.1, 0.15) is 12.0 Å². The summed E-state index contributed by atoms with van der Waals surface area (Å²) in [6.45, 7) is 0.561. The van der Waals surface area contributed by atoms with Crippen LogP contribution in [0.25, 0.3) is 0 Å². The molecule has 1 fully saturated rings. The smallest absolute Gasteiger partial charge is 0.232 e. The van der Waals surface area contributed by atoms with Crippen LogP contribution in [0, 0.1) is 17.6 Å². The van der Waals surface area contributed by atoms with Crippen LogP contribution in [0.5, 0.6) is 0 Å². The molecule has 4 rings (SSSR count). The van der Waals surface area contributed by atoms with Gasteiger partial charge in [-0.1, -0.05) is 24.3 Å². The Morgan fingerprint density at radius 1 is 1.04 bits per heavy atom. The molecule has 25 heavy (non-hydrogen) atoms. The van der Waals surface area contributed by atoms with Crippen LogP contribution in [0.15, 0.2) is 42.5 Å². The summed E-state index contributed by atoms with van der Waals surface area (Å²) in [5.41, 5.74) is 1.58. The molecule has 2 aromatic carbocycles. The molecule has 1 saturated heterocycles. The second kappa shape index (κ2) is 5.95. The second-order valence-corrected chi connectivity index (χ2v) is 6.34. The van der Waals surface area contributed by atoms with Crippen molar-refractivity contribution in [3.05, 3.63) is 59.7 Å². The van der Waals surface area contributed by atoms with E-state index in [0.717, 1.165) is 34.7 Å². The molecular formula is C19H16F2N2O2. The predicted molar refractivity (Wildman–Crippen MR) is 89.3 cm³/mol. The third kappa shape index (κ3) is 2.58. The summed E-state index contributed by atoms with van der Waals surface area (Å²) in [4.78, 5) is 27.9. The number of hydrogen-bond acceptors (Lipinski definition) is 2. The van der Waals surface area contributed by atoms with Crippen LogP contribution in [0.2, 0.25) is 0 Å². The van der Waals surface area contributed by atoms with Crippen molar-refractivity contribution in [1.29, 1.82) is 0 Å². The first-order chi connectivity index (χ1) is 12.1. The van der Waals surface area contributed by atoms with Crippen molar-refractivity contribution in [3.8, 4) is 0 Å². The first kappa shape index (κ1) is 15.7. The summed E-state index contributed by atoms with van der Waals surface area (Å²) in [7, 11) is 0. The third-order valence-corrected chi connectivity index (χ3v) is 4.83. The molecule has 0 aliphatic carbocycles. The molecule has 6 heteroatoms. The number of fused-ring (bicyclic) bond motifs is 1. The Hall–Kier alpha value is -2.76. The van der Waals surface area contributed by atoms with Crippen LogP contribution in [0.3, 0.4) is 0 Å². The fourth-order valence-corrected chi connectivity index (χ4v) is 3.62. The largest absolute Gasteiger partial charge is 0.312 e. The van der Waals surface area contributed by atoms with Crippen LogP contribution in [-0.4, -0.2) is 24.9 Å². The van der Waals surface area contributed by atoms with Crippen molar-refractivity contribution in [2.24, 2.45) is 5.92 Å². The normalized spacial score (nSPS) is 19.4. The highest BCUT2D eigenvalue weighted by Crippen LogP contribution is 2.34. The molecule has 2 amide bonds. The fraction of sp³-hybridized carbons (Fsp3) is 0.263. The van der Waals surface area contributed by atoms with Crippen molar-refractivity contribution in [2.75, 3.05) is 22.9 Å². The maximum absolute atomic E-state index is 14.0. The second-order valence-electron chi connectivity index (χ2n) is 6.34. The quantitative estimate of drug-likeness (QED) is 0.842. The van der Waals surface area contributed by atoms with E-state index in [1.165, 1.54) is 6.07 Å². The van der Waals surface area contributed by atoms with Crippen molar-refractivity contribution < 1.29 is 18.4 Å². The molecule has 4 nitrogen and oxygen atoms in total. The van der Waals surface area contributed by atoms with Crippen LogP contribution >= 0.6 is 0 Å². The van der Waals surface area contributed by atoms with Gasteiger partial charge < -0.3 is 9.80 Å². The molecule has 2 heterocycles. The molecule has 0 bridgehead atoms. The number of rotatable bonds is 2. The van der Waals surface area contributed by atoms with E-state index in [0.29, 0.717) is 6.54 Å². The molecule has 1 atom stereocenters. The maximum Gasteiger partial charge on any atom is 0.232 e. The molecule has 2 aliphatic heterocycles. The van der Waals surface area contributed by atoms with E-state index in [-0.39, 0.29) is 24.6 Å². The highest BCUT2D eigenvalue weighted by Gasteiger charge is 2.40. The first-order valence-corrected chi connectivity index (χ1v) is 8.20. The van der Waals surface area contributed by atoms with Crippen molar-refractivity contribution in [1.82, 2.24) is 0 Å². The van der Waals surface area contributed by atoms with Gasteiger partial charge in [-0.2, -0.15) is 0 Å². The molecule has 0 radical (unpaired) electrons. The van der Waals surface area contributed by atoms with Crippen molar-refractivity contribution in [2.45, 2.75) is 12.8 Å². The Labute approximate surface area is 143 Å². The number of amides is 2.